The van der Waals surface area contributed by atoms with E-state index >= 15 is 0 Å². The normalized spacial score (nSPS) is 10.2. The number of anilines is 1. The molecule has 0 saturated carbocycles. The molecule has 2 N–H and O–H groups in total. The van der Waals surface area contributed by atoms with Gasteiger partial charge in [0.1, 0.15) is 11.6 Å². The van der Waals surface area contributed by atoms with Crippen LogP contribution in [0.5, 0.6) is 5.75 Å². The minimum absolute atomic E-state index is 0.0779. The highest BCUT2D eigenvalue weighted by atomic mass is 16.5. The van der Waals surface area contributed by atoms with Gasteiger partial charge >= 0.3 is 5.97 Å². The maximum atomic E-state index is 10.7. The molecule has 2 aromatic rings. The van der Waals surface area contributed by atoms with Crippen molar-refractivity contribution in [3.63, 3.8) is 0 Å². The third-order valence-electron chi connectivity index (χ3n) is 2.85. The van der Waals surface area contributed by atoms with Crippen molar-refractivity contribution in [1.29, 1.82) is 0 Å². The monoisotopic (exact) mass is 287 g/mol. The Morgan fingerprint density at radius 2 is 2.14 bits per heavy atom. The summed E-state index contributed by atoms with van der Waals surface area (Å²) in [4.78, 5) is 18.5. The molecule has 0 atom stereocenters. The number of hydrogen-bond acceptors (Lipinski definition) is 5. The molecule has 110 valence electrons. The van der Waals surface area contributed by atoms with Gasteiger partial charge in [-0.25, -0.2) is 14.8 Å². The topological polar surface area (TPSA) is 84.3 Å². The molecule has 0 aliphatic rings. The zero-order chi connectivity index (χ0) is 15.2. The number of nitrogens with zero attached hydrogens (tertiary/aromatic N) is 2. The van der Waals surface area contributed by atoms with Crippen molar-refractivity contribution in [2.45, 2.75) is 20.4 Å². The molecule has 0 bridgehead atoms. The highest BCUT2D eigenvalue weighted by Crippen LogP contribution is 2.21. The average molecular weight is 287 g/mol. The predicted molar refractivity (Wildman–Crippen MR) is 78.7 cm³/mol. The molecule has 1 aromatic heterocycles. The van der Waals surface area contributed by atoms with Crippen LogP contribution in [0.25, 0.3) is 0 Å². The third kappa shape index (κ3) is 3.92. The van der Waals surface area contributed by atoms with Gasteiger partial charge in [0.2, 0.25) is 0 Å². The number of aromatic carboxylic acids is 1. The number of ether oxygens (including phenoxy) is 1. The molecule has 0 amide bonds. The standard InChI is InChI=1S/C15H17N3O3/c1-3-21-13-6-10(2)4-5-11(13)7-17-14-9-16-12(8-18-14)15(19)20/h4-6,8-9H,3,7H2,1-2H3,(H,17,18)(H,19,20). The Labute approximate surface area is 122 Å². The molecule has 1 heterocycles. The smallest absolute Gasteiger partial charge is 0.356 e. The Morgan fingerprint density at radius 3 is 2.76 bits per heavy atom. The highest BCUT2D eigenvalue weighted by molar-refractivity contribution is 5.84. The molecule has 0 radical (unpaired) electrons. The van der Waals surface area contributed by atoms with Crippen LogP contribution in [0.4, 0.5) is 5.82 Å². The van der Waals surface area contributed by atoms with Crippen LogP contribution in [0.15, 0.2) is 30.6 Å². The summed E-state index contributed by atoms with van der Waals surface area (Å²) >= 11 is 0. The summed E-state index contributed by atoms with van der Waals surface area (Å²) in [5.41, 5.74) is 2.06. The summed E-state index contributed by atoms with van der Waals surface area (Å²) in [6.07, 6.45) is 2.63. The first-order valence-electron chi connectivity index (χ1n) is 6.61. The molecule has 2 rings (SSSR count). The Kier molecular flexibility index (Phi) is 4.71. The highest BCUT2D eigenvalue weighted by Gasteiger charge is 2.06. The summed E-state index contributed by atoms with van der Waals surface area (Å²) in [5.74, 6) is 0.259. The zero-order valence-corrected chi connectivity index (χ0v) is 12.0. The number of carboxylic acids is 1. The van der Waals surface area contributed by atoms with Gasteiger partial charge in [-0.3, -0.25) is 0 Å². The molecule has 0 aliphatic carbocycles. The minimum Gasteiger partial charge on any atom is -0.494 e. The molecule has 0 fully saturated rings. The van der Waals surface area contributed by atoms with Gasteiger partial charge in [-0.15, -0.1) is 0 Å². The van der Waals surface area contributed by atoms with Crippen LogP contribution in [0.1, 0.15) is 28.5 Å². The summed E-state index contributed by atoms with van der Waals surface area (Å²) in [7, 11) is 0. The number of aryl methyl sites for hydroxylation is 1. The van der Waals surface area contributed by atoms with Gasteiger partial charge in [-0.05, 0) is 25.5 Å². The fraction of sp³-hybridized carbons (Fsp3) is 0.267. The Morgan fingerprint density at radius 1 is 1.33 bits per heavy atom. The lowest BCUT2D eigenvalue weighted by atomic mass is 10.1. The van der Waals surface area contributed by atoms with E-state index in [2.05, 4.69) is 15.3 Å². The molecule has 0 unspecified atom stereocenters. The lowest BCUT2D eigenvalue weighted by Crippen LogP contribution is -2.07. The fourth-order valence-electron chi connectivity index (χ4n) is 1.81. The van der Waals surface area contributed by atoms with Crippen LogP contribution in [0.2, 0.25) is 0 Å². The van der Waals surface area contributed by atoms with Gasteiger partial charge in [0.05, 0.1) is 19.0 Å². The van der Waals surface area contributed by atoms with E-state index in [0.29, 0.717) is 19.0 Å². The maximum Gasteiger partial charge on any atom is 0.356 e. The van der Waals surface area contributed by atoms with E-state index in [0.717, 1.165) is 16.9 Å². The van der Waals surface area contributed by atoms with Gasteiger partial charge in [0, 0.05) is 12.1 Å². The Hall–Kier alpha value is -2.63. The van der Waals surface area contributed by atoms with Crippen molar-refractivity contribution in [1.82, 2.24) is 9.97 Å². The first-order valence-corrected chi connectivity index (χ1v) is 6.61. The summed E-state index contributed by atoms with van der Waals surface area (Å²) in [5, 5.41) is 11.9. The van der Waals surface area contributed by atoms with Crippen molar-refractivity contribution in [2.75, 3.05) is 11.9 Å². The second kappa shape index (κ2) is 6.69. The van der Waals surface area contributed by atoms with Gasteiger partial charge in [-0.1, -0.05) is 12.1 Å². The first-order chi connectivity index (χ1) is 10.1. The van der Waals surface area contributed by atoms with Gasteiger partial charge in [0.25, 0.3) is 0 Å². The van der Waals surface area contributed by atoms with Crippen molar-refractivity contribution < 1.29 is 14.6 Å². The molecule has 6 heteroatoms. The number of nitrogens with one attached hydrogen (secondary N) is 1. The predicted octanol–water partition coefficient (Wildman–Crippen LogP) is 2.49. The number of benzene rings is 1. The van der Waals surface area contributed by atoms with Crippen LogP contribution in [0.3, 0.4) is 0 Å². The number of carbonyl (C=O) groups is 1. The van der Waals surface area contributed by atoms with Gasteiger partial charge in [0.15, 0.2) is 5.69 Å². The van der Waals surface area contributed by atoms with E-state index in [1.165, 1.54) is 12.4 Å². The molecule has 21 heavy (non-hydrogen) atoms. The van der Waals surface area contributed by atoms with Crippen LogP contribution < -0.4 is 10.1 Å². The fourth-order valence-corrected chi connectivity index (χ4v) is 1.81. The average Bonchev–Trinajstić information content (AvgIpc) is 2.47. The first kappa shape index (κ1) is 14.8. The van der Waals surface area contributed by atoms with Crippen molar-refractivity contribution in [3.8, 4) is 5.75 Å². The van der Waals surface area contributed by atoms with E-state index < -0.39 is 5.97 Å². The van der Waals surface area contributed by atoms with Crippen LogP contribution >= 0.6 is 0 Å². The largest absolute Gasteiger partial charge is 0.494 e. The van der Waals surface area contributed by atoms with E-state index in [4.69, 9.17) is 9.84 Å². The van der Waals surface area contributed by atoms with Crippen molar-refractivity contribution in [2.24, 2.45) is 0 Å². The molecular weight excluding hydrogens is 270 g/mol. The van der Waals surface area contributed by atoms with Crippen LogP contribution in [-0.2, 0) is 6.54 Å². The molecule has 0 spiro atoms. The maximum absolute atomic E-state index is 10.7. The van der Waals surface area contributed by atoms with Crippen LogP contribution in [-0.4, -0.2) is 27.7 Å². The molecule has 6 nitrogen and oxygen atoms in total. The lowest BCUT2D eigenvalue weighted by molar-refractivity contribution is 0.0690. The SMILES string of the molecule is CCOc1cc(C)ccc1CNc1cnc(C(=O)O)cn1. The zero-order valence-electron chi connectivity index (χ0n) is 12.0. The summed E-state index contributed by atoms with van der Waals surface area (Å²) in [6.45, 7) is 5.08. The van der Waals surface area contributed by atoms with Gasteiger partial charge in [-0.2, -0.15) is 0 Å². The minimum atomic E-state index is -1.09. The Balaban J connectivity index is 2.07. The second-order valence-electron chi connectivity index (χ2n) is 4.49. The van der Waals surface area contributed by atoms with Crippen LogP contribution in [0, 0.1) is 6.92 Å². The lowest BCUT2D eigenvalue weighted by Gasteiger charge is -2.12. The number of hydrogen-bond donors (Lipinski definition) is 2. The summed E-state index contributed by atoms with van der Waals surface area (Å²) in [6, 6.07) is 5.99. The Bertz CT molecular complexity index is 627. The van der Waals surface area contributed by atoms with Gasteiger partial charge < -0.3 is 15.2 Å². The van der Waals surface area contributed by atoms with E-state index in [1.54, 1.807) is 0 Å². The van der Waals surface area contributed by atoms with E-state index in [1.807, 2.05) is 32.0 Å². The molecule has 0 saturated heterocycles. The van der Waals surface area contributed by atoms with Crippen molar-refractivity contribution >= 4 is 11.8 Å². The molecular formula is C15H17N3O3. The summed E-state index contributed by atoms with van der Waals surface area (Å²) < 4.78 is 5.60. The third-order valence-corrected chi connectivity index (χ3v) is 2.85. The number of aromatic nitrogens is 2. The molecule has 1 aromatic carbocycles. The number of rotatable bonds is 6. The number of carboxylic acid groups (broad SMARTS) is 1. The molecule has 0 aliphatic heterocycles. The van der Waals surface area contributed by atoms with E-state index in [-0.39, 0.29) is 5.69 Å². The van der Waals surface area contributed by atoms with Crippen molar-refractivity contribution in [3.05, 3.63) is 47.4 Å². The second-order valence-corrected chi connectivity index (χ2v) is 4.49. The van der Waals surface area contributed by atoms with E-state index in [9.17, 15) is 4.79 Å². The quantitative estimate of drug-likeness (QED) is 0.849.